The zero-order chi connectivity index (χ0) is 21.1. The van der Waals surface area contributed by atoms with Crippen molar-refractivity contribution in [1.29, 1.82) is 0 Å². The zero-order valence-corrected chi connectivity index (χ0v) is 17.8. The normalized spacial score (nSPS) is 10.8. The standard InChI is InChI=1S/C19H18F2N4O3S.ClH/c1-23(2)7-4-8-24(18(26)12-5-3-6-14(9-12)25(27)28)19-22-17-15(21)10-13(20)11-16(17)29-19;/h3,5-6,9-11H,4,7-8H2,1-2H3;1H. The van der Waals surface area contributed by atoms with Crippen LogP contribution in [0.4, 0.5) is 19.6 Å². The molecule has 0 N–H and O–H groups in total. The van der Waals surface area contributed by atoms with Crippen LogP contribution in [0.1, 0.15) is 16.8 Å². The van der Waals surface area contributed by atoms with Gasteiger partial charge in [-0.2, -0.15) is 0 Å². The van der Waals surface area contributed by atoms with Gasteiger partial charge in [-0.3, -0.25) is 19.8 Å². The van der Waals surface area contributed by atoms with E-state index in [9.17, 15) is 23.7 Å². The average molecular weight is 457 g/mol. The monoisotopic (exact) mass is 456 g/mol. The van der Waals surface area contributed by atoms with Gasteiger partial charge >= 0.3 is 0 Å². The summed E-state index contributed by atoms with van der Waals surface area (Å²) in [6, 6.07) is 7.29. The highest BCUT2D eigenvalue weighted by molar-refractivity contribution is 7.22. The van der Waals surface area contributed by atoms with Gasteiger partial charge in [-0.25, -0.2) is 13.8 Å². The fraction of sp³-hybridized carbons (Fsp3) is 0.263. The van der Waals surface area contributed by atoms with Gasteiger partial charge in [0, 0.05) is 30.3 Å². The molecule has 3 rings (SSSR count). The molecule has 7 nitrogen and oxygen atoms in total. The maximum absolute atomic E-state index is 14.1. The Morgan fingerprint density at radius 2 is 1.93 bits per heavy atom. The summed E-state index contributed by atoms with van der Waals surface area (Å²) in [4.78, 5) is 31.1. The molecule has 0 aliphatic rings. The van der Waals surface area contributed by atoms with Crippen LogP contribution in [0.25, 0.3) is 10.2 Å². The third-order valence-corrected chi connectivity index (χ3v) is 5.19. The Morgan fingerprint density at radius 3 is 2.60 bits per heavy atom. The Morgan fingerprint density at radius 1 is 1.20 bits per heavy atom. The Balaban J connectivity index is 0.00000320. The van der Waals surface area contributed by atoms with Gasteiger partial charge in [-0.05, 0) is 39.2 Å². The van der Waals surface area contributed by atoms with E-state index in [0.717, 1.165) is 23.5 Å². The molecule has 0 atom stereocenters. The van der Waals surface area contributed by atoms with E-state index in [1.807, 2.05) is 19.0 Å². The highest BCUT2D eigenvalue weighted by atomic mass is 35.5. The van der Waals surface area contributed by atoms with Gasteiger partial charge in [0.1, 0.15) is 11.3 Å². The van der Waals surface area contributed by atoms with Gasteiger partial charge in [0.25, 0.3) is 11.6 Å². The SMILES string of the molecule is CN(C)CCCN(C(=O)c1cccc([N+](=O)[O-])c1)c1nc2c(F)cc(F)cc2s1.Cl. The fourth-order valence-electron chi connectivity index (χ4n) is 2.80. The number of nitro groups is 1. The summed E-state index contributed by atoms with van der Waals surface area (Å²) in [5, 5.41) is 11.2. The number of nitro benzene ring substituents is 1. The molecule has 0 aliphatic carbocycles. The van der Waals surface area contributed by atoms with E-state index in [1.165, 1.54) is 29.2 Å². The quantitative estimate of drug-likeness (QED) is 0.386. The van der Waals surface area contributed by atoms with E-state index < -0.39 is 22.5 Å². The van der Waals surface area contributed by atoms with E-state index in [2.05, 4.69) is 4.98 Å². The summed E-state index contributed by atoms with van der Waals surface area (Å²) in [5.41, 5.74) is -0.104. The first kappa shape index (κ1) is 23.6. The number of carbonyl (C=O) groups is 1. The summed E-state index contributed by atoms with van der Waals surface area (Å²) in [6.45, 7) is 0.955. The molecule has 1 heterocycles. The molecule has 0 aliphatic heterocycles. The van der Waals surface area contributed by atoms with Crippen molar-refractivity contribution in [1.82, 2.24) is 9.88 Å². The maximum atomic E-state index is 14.1. The smallest absolute Gasteiger partial charge is 0.270 e. The first-order valence-corrected chi connectivity index (χ1v) is 9.54. The van der Waals surface area contributed by atoms with Gasteiger partial charge in [0.2, 0.25) is 0 Å². The van der Waals surface area contributed by atoms with Crippen LogP contribution >= 0.6 is 23.7 Å². The van der Waals surface area contributed by atoms with Gasteiger partial charge in [-0.1, -0.05) is 17.4 Å². The number of thiazole rings is 1. The second-order valence-corrected chi connectivity index (χ2v) is 7.66. The lowest BCUT2D eigenvalue weighted by Gasteiger charge is -2.21. The summed E-state index contributed by atoms with van der Waals surface area (Å²) < 4.78 is 27.9. The van der Waals surface area contributed by atoms with Crippen LogP contribution in [-0.2, 0) is 0 Å². The Hall–Kier alpha value is -2.69. The van der Waals surface area contributed by atoms with Crippen LogP contribution in [0.5, 0.6) is 0 Å². The van der Waals surface area contributed by atoms with E-state index in [0.29, 0.717) is 13.0 Å². The highest BCUT2D eigenvalue weighted by Crippen LogP contribution is 2.32. The second kappa shape index (κ2) is 9.88. The molecule has 2 aromatic carbocycles. The lowest BCUT2D eigenvalue weighted by atomic mass is 10.1. The minimum Gasteiger partial charge on any atom is -0.309 e. The second-order valence-electron chi connectivity index (χ2n) is 6.65. The van der Waals surface area contributed by atoms with E-state index >= 15 is 0 Å². The summed E-state index contributed by atoms with van der Waals surface area (Å²) in [5.74, 6) is -2.03. The molecular weight excluding hydrogens is 438 g/mol. The number of rotatable bonds is 7. The van der Waals surface area contributed by atoms with Gasteiger partial charge in [-0.15, -0.1) is 12.4 Å². The van der Waals surface area contributed by atoms with Crippen LogP contribution in [0.15, 0.2) is 36.4 Å². The highest BCUT2D eigenvalue weighted by Gasteiger charge is 2.23. The number of hydrogen-bond acceptors (Lipinski definition) is 6. The molecule has 0 saturated heterocycles. The minimum atomic E-state index is -0.807. The van der Waals surface area contributed by atoms with Crippen molar-refractivity contribution < 1.29 is 18.5 Å². The van der Waals surface area contributed by atoms with Crippen LogP contribution in [-0.4, -0.2) is 47.9 Å². The number of fused-ring (bicyclic) bond motifs is 1. The van der Waals surface area contributed by atoms with Crippen molar-refractivity contribution in [2.24, 2.45) is 0 Å². The first-order chi connectivity index (χ1) is 13.8. The third-order valence-electron chi connectivity index (χ3n) is 4.17. The van der Waals surface area contributed by atoms with Crippen LogP contribution in [0.3, 0.4) is 0 Å². The van der Waals surface area contributed by atoms with Crippen molar-refractivity contribution in [3.63, 3.8) is 0 Å². The Labute approximate surface area is 181 Å². The number of benzene rings is 2. The predicted octanol–water partition coefficient (Wildman–Crippen LogP) is 4.50. The molecule has 0 unspecified atom stereocenters. The zero-order valence-electron chi connectivity index (χ0n) is 16.2. The van der Waals surface area contributed by atoms with Gasteiger partial charge < -0.3 is 4.90 Å². The average Bonchev–Trinajstić information content (AvgIpc) is 3.08. The number of aromatic nitrogens is 1. The van der Waals surface area contributed by atoms with E-state index in [1.54, 1.807) is 0 Å². The number of halogens is 3. The Kier molecular flexibility index (Phi) is 7.77. The van der Waals surface area contributed by atoms with E-state index in [4.69, 9.17) is 0 Å². The number of amides is 1. The summed E-state index contributed by atoms with van der Waals surface area (Å²) >= 11 is 0.993. The minimum absolute atomic E-state index is 0. The van der Waals surface area contributed by atoms with Crippen LogP contribution in [0.2, 0.25) is 0 Å². The van der Waals surface area contributed by atoms with Gasteiger partial charge in [0.05, 0.1) is 9.62 Å². The third kappa shape index (κ3) is 5.26. The molecule has 11 heteroatoms. The number of carbonyl (C=O) groups excluding carboxylic acids is 1. The topological polar surface area (TPSA) is 79.6 Å². The van der Waals surface area contributed by atoms with Gasteiger partial charge in [0.15, 0.2) is 10.9 Å². The number of anilines is 1. The molecule has 3 aromatic rings. The predicted molar refractivity (Wildman–Crippen MR) is 115 cm³/mol. The number of hydrogen-bond donors (Lipinski definition) is 0. The molecule has 1 aromatic heterocycles. The molecule has 30 heavy (non-hydrogen) atoms. The Bertz CT molecular complexity index is 1080. The van der Waals surface area contributed by atoms with Crippen molar-refractivity contribution >= 4 is 50.7 Å². The molecular formula is C19H19ClF2N4O3S. The fourth-order valence-corrected chi connectivity index (χ4v) is 3.83. The number of nitrogens with zero attached hydrogens (tertiary/aromatic N) is 4. The molecule has 160 valence electrons. The molecule has 1 amide bonds. The van der Waals surface area contributed by atoms with E-state index in [-0.39, 0.29) is 45.6 Å². The molecule has 0 fully saturated rings. The molecule has 0 spiro atoms. The van der Waals surface area contributed by atoms with Crippen molar-refractivity contribution in [2.45, 2.75) is 6.42 Å². The molecule has 0 radical (unpaired) electrons. The van der Waals surface area contributed by atoms with Crippen molar-refractivity contribution in [3.8, 4) is 0 Å². The molecule has 0 bridgehead atoms. The summed E-state index contributed by atoms with van der Waals surface area (Å²) in [7, 11) is 3.78. The van der Waals surface area contributed by atoms with Crippen LogP contribution < -0.4 is 4.90 Å². The largest absolute Gasteiger partial charge is 0.309 e. The van der Waals surface area contributed by atoms with Crippen LogP contribution in [0, 0.1) is 21.7 Å². The number of non-ortho nitro benzene ring substituents is 1. The lowest BCUT2D eigenvalue weighted by molar-refractivity contribution is -0.384. The first-order valence-electron chi connectivity index (χ1n) is 8.73. The van der Waals surface area contributed by atoms with Crippen molar-refractivity contribution in [3.05, 3.63) is 63.7 Å². The molecule has 0 saturated carbocycles. The van der Waals surface area contributed by atoms with Crippen molar-refractivity contribution in [2.75, 3.05) is 32.1 Å². The maximum Gasteiger partial charge on any atom is 0.270 e. The summed E-state index contributed by atoms with van der Waals surface area (Å²) in [6.07, 6.45) is 0.598. The lowest BCUT2D eigenvalue weighted by Crippen LogP contribution is -2.33.